The summed E-state index contributed by atoms with van der Waals surface area (Å²) in [7, 11) is 0.737. The van der Waals surface area contributed by atoms with Crippen molar-refractivity contribution in [3.8, 4) is 0 Å². The molecule has 7 heteroatoms. The molecule has 140 valence electrons. The number of nitrogens with one attached hydrogen (secondary N) is 1. The zero-order chi connectivity index (χ0) is 18.4. The lowest BCUT2D eigenvalue weighted by Crippen LogP contribution is -2.45. The average molecular weight is 368 g/mol. The molecular weight excluding hydrogens is 338 g/mol. The van der Waals surface area contributed by atoms with Crippen LogP contribution in [0.15, 0.2) is 24.3 Å². The Kier molecular flexibility index (Phi) is 6.84. The number of nitrogens with zero attached hydrogens (tertiary/aromatic N) is 2. The number of sulfonamides is 1. The SMILES string of the molecule is CCCS(=O)(=O)N1CCC[C@H](C(=O)NCc2ccc(N(C)C)cc2)C1. The van der Waals surface area contributed by atoms with Gasteiger partial charge in [0.15, 0.2) is 0 Å². The molecule has 0 radical (unpaired) electrons. The summed E-state index contributed by atoms with van der Waals surface area (Å²) in [4.78, 5) is 14.5. The second-order valence-electron chi connectivity index (χ2n) is 6.79. The zero-order valence-corrected chi connectivity index (χ0v) is 16.2. The van der Waals surface area contributed by atoms with Crippen LogP contribution < -0.4 is 10.2 Å². The smallest absolute Gasteiger partial charge is 0.224 e. The molecule has 0 aromatic heterocycles. The number of amides is 1. The first-order valence-corrected chi connectivity index (χ1v) is 10.5. The molecule has 1 aromatic rings. The zero-order valence-electron chi connectivity index (χ0n) is 15.4. The Hall–Kier alpha value is -1.60. The van der Waals surface area contributed by atoms with Gasteiger partial charge in [0.25, 0.3) is 0 Å². The first kappa shape index (κ1) is 19.7. The maximum atomic E-state index is 12.4. The van der Waals surface area contributed by atoms with E-state index in [0.717, 1.165) is 24.1 Å². The predicted octanol–water partition coefficient (Wildman–Crippen LogP) is 1.82. The average Bonchev–Trinajstić information content (AvgIpc) is 2.60. The third kappa shape index (κ3) is 5.44. The molecule has 6 nitrogen and oxygen atoms in total. The van der Waals surface area contributed by atoms with Crippen LogP contribution in [-0.4, -0.2) is 51.6 Å². The van der Waals surface area contributed by atoms with Gasteiger partial charge in [-0.25, -0.2) is 12.7 Å². The van der Waals surface area contributed by atoms with Crippen molar-refractivity contribution >= 4 is 21.6 Å². The van der Waals surface area contributed by atoms with Crippen molar-refractivity contribution in [2.75, 3.05) is 37.8 Å². The fraction of sp³-hybridized carbons (Fsp3) is 0.611. The molecule has 1 aliphatic rings. The van der Waals surface area contributed by atoms with Crippen molar-refractivity contribution in [3.05, 3.63) is 29.8 Å². The number of piperidine rings is 1. The van der Waals surface area contributed by atoms with Crippen LogP contribution in [-0.2, 0) is 21.4 Å². The van der Waals surface area contributed by atoms with Crippen LogP contribution in [0, 0.1) is 5.92 Å². The van der Waals surface area contributed by atoms with Gasteiger partial charge in [-0.3, -0.25) is 4.79 Å². The minimum atomic E-state index is -3.23. The molecule has 1 aromatic carbocycles. The topological polar surface area (TPSA) is 69.7 Å². The number of carbonyl (C=O) groups excluding carboxylic acids is 1. The number of hydrogen-bond acceptors (Lipinski definition) is 4. The first-order chi connectivity index (χ1) is 11.8. The predicted molar refractivity (Wildman–Crippen MR) is 101 cm³/mol. The van der Waals surface area contributed by atoms with E-state index < -0.39 is 10.0 Å². The van der Waals surface area contributed by atoms with Gasteiger partial charge in [-0.1, -0.05) is 19.1 Å². The Morgan fingerprint density at radius 3 is 2.56 bits per heavy atom. The second-order valence-corrected chi connectivity index (χ2v) is 8.88. The van der Waals surface area contributed by atoms with Gasteiger partial charge < -0.3 is 10.2 Å². The Bertz CT molecular complexity index is 671. The summed E-state index contributed by atoms with van der Waals surface area (Å²) in [5.74, 6) is -0.172. The molecule has 0 aliphatic carbocycles. The quantitative estimate of drug-likeness (QED) is 0.798. The fourth-order valence-corrected chi connectivity index (χ4v) is 4.63. The third-order valence-corrected chi connectivity index (χ3v) is 6.57. The molecule has 0 saturated carbocycles. The maximum absolute atomic E-state index is 12.4. The summed E-state index contributed by atoms with van der Waals surface area (Å²) < 4.78 is 25.9. The highest BCUT2D eigenvalue weighted by atomic mass is 32.2. The van der Waals surface area contributed by atoms with Crippen molar-refractivity contribution in [1.29, 1.82) is 0 Å². The van der Waals surface area contributed by atoms with Crippen molar-refractivity contribution in [1.82, 2.24) is 9.62 Å². The van der Waals surface area contributed by atoms with Gasteiger partial charge in [-0.15, -0.1) is 0 Å². The van der Waals surface area contributed by atoms with E-state index in [1.165, 1.54) is 4.31 Å². The standard InChI is InChI=1S/C18H29N3O3S/c1-4-12-25(23,24)21-11-5-6-16(14-21)18(22)19-13-15-7-9-17(10-8-15)20(2)3/h7-10,16H,4-6,11-14H2,1-3H3,(H,19,22)/t16-/m0/s1. The number of hydrogen-bond donors (Lipinski definition) is 1. The number of carbonyl (C=O) groups is 1. The van der Waals surface area contributed by atoms with E-state index >= 15 is 0 Å². The number of anilines is 1. The summed E-state index contributed by atoms with van der Waals surface area (Å²) >= 11 is 0. The monoisotopic (exact) mass is 367 g/mol. The Morgan fingerprint density at radius 1 is 1.28 bits per heavy atom. The van der Waals surface area contributed by atoms with E-state index in [0.29, 0.717) is 26.1 Å². The van der Waals surface area contributed by atoms with Crippen molar-refractivity contribution in [3.63, 3.8) is 0 Å². The summed E-state index contributed by atoms with van der Waals surface area (Å²) in [6.07, 6.45) is 2.07. The molecule has 1 atom stereocenters. The van der Waals surface area contributed by atoms with Gasteiger partial charge in [0, 0.05) is 39.4 Å². The van der Waals surface area contributed by atoms with Crippen LogP contribution in [0.2, 0.25) is 0 Å². The molecule has 1 fully saturated rings. The highest BCUT2D eigenvalue weighted by Crippen LogP contribution is 2.20. The summed E-state index contributed by atoms with van der Waals surface area (Å²) in [6, 6.07) is 8.02. The second kappa shape index (κ2) is 8.67. The number of benzene rings is 1. The van der Waals surface area contributed by atoms with E-state index in [-0.39, 0.29) is 17.6 Å². The molecule has 0 spiro atoms. The lowest BCUT2D eigenvalue weighted by atomic mass is 9.99. The van der Waals surface area contributed by atoms with E-state index in [4.69, 9.17) is 0 Å². The summed E-state index contributed by atoms with van der Waals surface area (Å²) in [5, 5.41) is 2.95. The Morgan fingerprint density at radius 2 is 1.96 bits per heavy atom. The summed E-state index contributed by atoms with van der Waals surface area (Å²) in [5.41, 5.74) is 2.14. The minimum Gasteiger partial charge on any atom is -0.378 e. The van der Waals surface area contributed by atoms with E-state index in [1.54, 1.807) is 0 Å². The van der Waals surface area contributed by atoms with Gasteiger partial charge in [0.1, 0.15) is 0 Å². The molecule has 2 rings (SSSR count). The molecule has 1 heterocycles. The molecule has 25 heavy (non-hydrogen) atoms. The van der Waals surface area contributed by atoms with Gasteiger partial charge in [0.05, 0.1) is 11.7 Å². The highest BCUT2D eigenvalue weighted by Gasteiger charge is 2.31. The van der Waals surface area contributed by atoms with Gasteiger partial charge >= 0.3 is 0 Å². The van der Waals surface area contributed by atoms with Gasteiger partial charge in [-0.05, 0) is 37.0 Å². The first-order valence-electron chi connectivity index (χ1n) is 8.85. The fourth-order valence-electron chi connectivity index (χ4n) is 3.04. The largest absolute Gasteiger partial charge is 0.378 e. The van der Waals surface area contributed by atoms with Crippen LogP contribution in [0.3, 0.4) is 0 Å². The van der Waals surface area contributed by atoms with Gasteiger partial charge in [-0.2, -0.15) is 0 Å². The molecule has 1 saturated heterocycles. The van der Waals surface area contributed by atoms with E-state index in [9.17, 15) is 13.2 Å². The lowest BCUT2D eigenvalue weighted by molar-refractivity contribution is -0.126. The van der Waals surface area contributed by atoms with Crippen molar-refractivity contribution in [2.24, 2.45) is 5.92 Å². The molecule has 0 bridgehead atoms. The van der Waals surface area contributed by atoms with Crippen LogP contribution in [0.1, 0.15) is 31.7 Å². The summed E-state index contributed by atoms with van der Waals surface area (Å²) in [6.45, 7) is 3.14. The highest BCUT2D eigenvalue weighted by molar-refractivity contribution is 7.89. The van der Waals surface area contributed by atoms with Crippen LogP contribution in [0.4, 0.5) is 5.69 Å². The minimum absolute atomic E-state index is 0.0620. The Labute approximate surface area is 151 Å². The normalized spacial score (nSPS) is 18.8. The van der Waals surface area contributed by atoms with E-state index in [2.05, 4.69) is 5.32 Å². The molecular formula is C18H29N3O3S. The Balaban J connectivity index is 1.89. The molecule has 1 aliphatic heterocycles. The third-order valence-electron chi connectivity index (χ3n) is 4.53. The van der Waals surface area contributed by atoms with E-state index in [1.807, 2.05) is 50.2 Å². The maximum Gasteiger partial charge on any atom is 0.224 e. The van der Waals surface area contributed by atoms with Crippen molar-refractivity contribution in [2.45, 2.75) is 32.7 Å². The molecule has 1 amide bonds. The molecule has 1 N–H and O–H groups in total. The van der Waals surface area contributed by atoms with Crippen molar-refractivity contribution < 1.29 is 13.2 Å². The van der Waals surface area contributed by atoms with Crippen LogP contribution in [0.25, 0.3) is 0 Å². The van der Waals surface area contributed by atoms with Gasteiger partial charge in [0.2, 0.25) is 15.9 Å². The number of rotatable bonds is 7. The van der Waals surface area contributed by atoms with Crippen LogP contribution in [0.5, 0.6) is 0 Å². The molecule has 0 unspecified atom stereocenters. The lowest BCUT2D eigenvalue weighted by Gasteiger charge is -2.31. The van der Waals surface area contributed by atoms with Crippen LogP contribution >= 0.6 is 0 Å².